The molecule has 0 heterocycles. The summed E-state index contributed by atoms with van der Waals surface area (Å²) in [6.45, 7) is 5.32. The molecular formula is C8H15NO3. The fourth-order valence-corrected chi connectivity index (χ4v) is 0.829. The lowest BCUT2D eigenvalue weighted by Crippen LogP contribution is -2.32. The second-order valence-electron chi connectivity index (χ2n) is 2.41. The van der Waals surface area contributed by atoms with Crippen molar-refractivity contribution in [3.05, 3.63) is 12.7 Å². The molecule has 0 radical (unpaired) electrons. The molecule has 0 aliphatic heterocycles. The van der Waals surface area contributed by atoms with Gasteiger partial charge in [-0.05, 0) is 0 Å². The third-order valence-electron chi connectivity index (χ3n) is 1.36. The Labute approximate surface area is 72.4 Å². The van der Waals surface area contributed by atoms with E-state index in [2.05, 4.69) is 6.58 Å². The zero-order chi connectivity index (χ0) is 9.40. The summed E-state index contributed by atoms with van der Waals surface area (Å²) in [5.41, 5.74) is 0. The van der Waals surface area contributed by atoms with Crippen LogP contribution in [0.1, 0.15) is 0 Å². The van der Waals surface area contributed by atoms with Crippen molar-refractivity contribution in [3.8, 4) is 0 Å². The van der Waals surface area contributed by atoms with Gasteiger partial charge in [0.15, 0.2) is 0 Å². The Kier molecular flexibility index (Phi) is 6.32. The maximum atomic E-state index is 10.3. The molecule has 12 heavy (non-hydrogen) atoms. The highest BCUT2D eigenvalue weighted by Crippen LogP contribution is 1.88. The maximum absolute atomic E-state index is 10.3. The van der Waals surface area contributed by atoms with Crippen molar-refractivity contribution < 1.29 is 14.6 Å². The van der Waals surface area contributed by atoms with Crippen molar-refractivity contribution in [2.45, 2.75) is 0 Å². The van der Waals surface area contributed by atoms with Crippen LogP contribution in [0.15, 0.2) is 12.7 Å². The molecule has 0 aliphatic carbocycles. The van der Waals surface area contributed by atoms with Gasteiger partial charge in [0.2, 0.25) is 0 Å². The smallest absolute Gasteiger partial charge is 0.317 e. The monoisotopic (exact) mass is 173 g/mol. The van der Waals surface area contributed by atoms with E-state index in [4.69, 9.17) is 9.84 Å². The summed E-state index contributed by atoms with van der Waals surface area (Å²) >= 11 is 0. The van der Waals surface area contributed by atoms with Gasteiger partial charge >= 0.3 is 5.97 Å². The fraction of sp³-hybridized carbons (Fsp3) is 0.625. The second-order valence-corrected chi connectivity index (χ2v) is 2.41. The Bertz CT molecular complexity index is 147. The van der Waals surface area contributed by atoms with Crippen LogP contribution < -0.4 is 0 Å². The van der Waals surface area contributed by atoms with Gasteiger partial charge in [0.05, 0.1) is 13.2 Å². The van der Waals surface area contributed by atoms with Crippen molar-refractivity contribution >= 4 is 5.97 Å². The van der Waals surface area contributed by atoms with Crippen molar-refractivity contribution in [1.82, 2.24) is 4.90 Å². The van der Waals surface area contributed by atoms with Gasteiger partial charge in [0.25, 0.3) is 0 Å². The Morgan fingerprint density at radius 3 is 2.83 bits per heavy atom. The normalized spacial score (nSPS) is 10.2. The number of hydrogen-bond donors (Lipinski definition) is 1. The minimum absolute atomic E-state index is 0.0371. The van der Waals surface area contributed by atoms with Gasteiger partial charge in [0, 0.05) is 20.2 Å². The number of aliphatic carboxylic acids is 1. The summed E-state index contributed by atoms with van der Waals surface area (Å²) in [5.74, 6) is -0.826. The third kappa shape index (κ3) is 5.88. The van der Waals surface area contributed by atoms with Crippen molar-refractivity contribution in [3.63, 3.8) is 0 Å². The molecule has 1 N–H and O–H groups in total. The minimum Gasteiger partial charge on any atom is -0.480 e. The molecule has 70 valence electrons. The van der Waals surface area contributed by atoms with Crippen LogP contribution in [0.25, 0.3) is 0 Å². The zero-order valence-corrected chi connectivity index (χ0v) is 7.32. The Hall–Kier alpha value is -0.870. The van der Waals surface area contributed by atoms with E-state index in [1.165, 1.54) is 0 Å². The summed E-state index contributed by atoms with van der Waals surface area (Å²) in [7, 11) is 1.59. The van der Waals surface area contributed by atoms with Crippen molar-refractivity contribution in [2.24, 2.45) is 0 Å². The highest BCUT2D eigenvalue weighted by atomic mass is 16.5. The van der Waals surface area contributed by atoms with E-state index in [1.807, 2.05) is 0 Å². The van der Waals surface area contributed by atoms with Gasteiger partial charge in [0.1, 0.15) is 0 Å². The molecule has 4 nitrogen and oxygen atoms in total. The topological polar surface area (TPSA) is 49.8 Å². The van der Waals surface area contributed by atoms with Crippen LogP contribution >= 0.6 is 0 Å². The number of hydrogen-bond acceptors (Lipinski definition) is 3. The first-order chi connectivity index (χ1) is 5.70. The lowest BCUT2D eigenvalue weighted by atomic mass is 10.4. The van der Waals surface area contributed by atoms with Crippen LogP contribution in [0.3, 0.4) is 0 Å². The molecule has 0 unspecified atom stereocenters. The lowest BCUT2D eigenvalue weighted by Gasteiger charge is -2.16. The van der Waals surface area contributed by atoms with E-state index in [1.54, 1.807) is 18.1 Å². The number of nitrogens with zero attached hydrogens (tertiary/aromatic N) is 1. The predicted octanol–water partition coefficient (Wildman–Crippen LogP) is 0.205. The van der Waals surface area contributed by atoms with Crippen LogP contribution in [0.5, 0.6) is 0 Å². The van der Waals surface area contributed by atoms with Crippen LogP contribution in [-0.2, 0) is 9.53 Å². The number of carboxylic acids is 1. The SMILES string of the molecule is C=CCN(CCOC)CC(=O)O. The average molecular weight is 173 g/mol. The largest absolute Gasteiger partial charge is 0.480 e. The van der Waals surface area contributed by atoms with E-state index in [0.717, 1.165) is 0 Å². The molecule has 0 aromatic carbocycles. The molecule has 0 rings (SSSR count). The van der Waals surface area contributed by atoms with Gasteiger partial charge in [-0.1, -0.05) is 6.08 Å². The third-order valence-corrected chi connectivity index (χ3v) is 1.36. The molecular weight excluding hydrogens is 158 g/mol. The summed E-state index contributed by atoms with van der Waals surface area (Å²) in [4.78, 5) is 12.1. The summed E-state index contributed by atoms with van der Waals surface area (Å²) in [6.07, 6.45) is 1.68. The Morgan fingerprint density at radius 1 is 1.75 bits per heavy atom. The van der Waals surface area contributed by atoms with E-state index in [-0.39, 0.29) is 6.54 Å². The van der Waals surface area contributed by atoms with Crippen LogP contribution in [-0.4, -0.2) is 49.3 Å². The molecule has 0 bridgehead atoms. The number of carbonyl (C=O) groups is 1. The molecule has 0 amide bonds. The summed E-state index contributed by atoms with van der Waals surface area (Å²) in [6, 6.07) is 0. The first-order valence-corrected chi connectivity index (χ1v) is 3.74. The number of carboxylic acid groups (broad SMARTS) is 1. The van der Waals surface area contributed by atoms with Gasteiger partial charge in [-0.2, -0.15) is 0 Å². The highest BCUT2D eigenvalue weighted by molar-refractivity contribution is 5.69. The molecule has 0 spiro atoms. The fourth-order valence-electron chi connectivity index (χ4n) is 0.829. The van der Waals surface area contributed by atoms with E-state index >= 15 is 0 Å². The molecule has 0 saturated carbocycles. The van der Waals surface area contributed by atoms with Crippen LogP contribution in [0, 0.1) is 0 Å². The van der Waals surface area contributed by atoms with Crippen molar-refractivity contribution in [1.29, 1.82) is 0 Å². The molecule has 0 atom stereocenters. The maximum Gasteiger partial charge on any atom is 0.317 e. The predicted molar refractivity (Wildman–Crippen MR) is 46.1 cm³/mol. The minimum atomic E-state index is -0.826. The van der Waals surface area contributed by atoms with Gasteiger partial charge < -0.3 is 9.84 Å². The standard InChI is InChI=1S/C8H15NO3/c1-3-4-9(5-6-12-2)7-8(10)11/h3H,1,4-7H2,2H3,(H,10,11). The Balaban J connectivity index is 3.68. The number of methoxy groups -OCH3 is 1. The van der Waals surface area contributed by atoms with Gasteiger partial charge in [-0.15, -0.1) is 6.58 Å². The quantitative estimate of drug-likeness (QED) is 0.559. The molecule has 0 fully saturated rings. The van der Waals surface area contributed by atoms with E-state index in [0.29, 0.717) is 19.7 Å². The first-order valence-electron chi connectivity index (χ1n) is 3.74. The summed E-state index contributed by atoms with van der Waals surface area (Å²) < 4.78 is 4.83. The first kappa shape index (κ1) is 11.1. The lowest BCUT2D eigenvalue weighted by molar-refractivity contribution is -0.138. The Morgan fingerprint density at radius 2 is 2.42 bits per heavy atom. The average Bonchev–Trinajstić information content (AvgIpc) is 2.00. The molecule has 0 aromatic rings. The second kappa shape index (κ2) is 6.82. The summed E-state index contributed by atoms with van der Waals surface area (Å²) in [5, 5.41) is 8.49. The molecule has 4 heteroatoms. The zero-order valence-electron chi connectivity index (χ0n) is 7.32. The number of ether oxygens (including phenoxy) is 1. The van der Waals surface area contributed by atoms with E-state index < -0.39 is 5.97 Å². The van der Waals surface area contributed by atoms with Crippen LogP contribution in [0.2, 0.25) is 0 Å². The van der Waals surface area contributed by atoms with Crippen molar-refractivity contribution in [2.75, 3.05) is 33.4 Å². The molecule has 0 aromatic heterocycles. The van der Waals surface area contributed by atoms with Crippen LogP contribution in [0.4, 0.5) is 0 Å². The van der Waals surface area contributed by atoms with Gasteiger partial charge in [-0.3, -0.25) is 9.69 Å². The van der Waals surface area contributed by atoms with Gasteiger partial charge in [-0.25, -0.2) is 0 Å². The van der Waals surface area contributed by atoms with E-state index in [9.17, 15) is 4.79 Å². The number of rotatable bonds is 7. The highest BCUT2D eigenvalue weighted by Gasteiger charge is 2.06. The molecule has 0 aliphatic rings. The molecule has 0 saturated heterocycles.